The maximum atomic E-state index is 9.30. The Morgan fingerprint density at radius 1 is 1.14 bits per heavy atom. The molecule has 0 amide bonds. The molecule has 0 aliphatic carbocycles. The van der Waals surface area contributed by atoms with Crippen LogP contribution in [0.3, 0.4) is 0 Å². The Kier molecular flexibility index (Phi) is 4.23. The van der Waals surface area contributed by atoms with Gasteiger partial charge in [-0.25, -0.2) is 9.97 Å². The van der Waals surface area contributed by atoms with Crippen LogP contribution in [0.25, 0.3) is 11.6 Å². The molecule has 0 aliphatic heterocycles. The maximum Gasteiger partial charge on any atom is 0.321 e. The van der Waals surface area contributed by atoms with Crippen molar-refractivity contribution in [2.75, 3.05) is 0 Å². The molecule has 0 N–H and O–H groups in total. The van der Waals surface area contributed by atoms with Crippen molar-refractivity contribution in [3.8, 4) is 17.8 Å². The summed E-state index contributed by atoms with van der Waals surface area (Å²) in [6, 6.07) is 15.6. The second kappa shape index (κ2) is 6.66. The van der Waals surface area contributed by atoms with Crippen LogP contribution in [-0.2, 0) is 0 Å². The zero-order chi connectivity index (χ0) is 15.2. The molecule has 22 heavy (non-hydrogen) atoms. The summed E-state index contributed by atoms with van der Waals surface area (Å²) in [5.74, 6) is 0.628. The minimum Gasteiger partial charge on any atom is -0.424 e. The molecule has 0 unspecified atom stereocenters. The first-order valence-corrected chi connectivity index (χ1v) is 7.44. The van der Waals surface area contributed by atoms with Gasteiger partial charge >= 0.3 is 6.01 Å². The molecule has 0 fully saturated rings. The summed E-state index contributed by atoms with van der Waals surface area (Å²) in [4.78, 5) is 8.99. The molecule has 1 aromatic carbocycles. The molecule has 0 radical (unpaired) electrons. The van der Waals surface area contributed by atoms with Gasteiger partial charge in [-0.2, -0.15) is 5.26 Å². The molecule has 2 heterocycles. The van der Waals surface area contributed by atoms with E-state index >= 15 is 0 Å². The highest BCUT2D eigenvalue weighted by molar-refractivity contribution is 7.11. The molecule has 2 aromatic heterocycles. The number of ether oxygens (including phenoxy) is 1. The van der Waals surface area contributed by atoms with Crippen LogP contribution in [0, 0.1) is 11.3 Å². The van der Waals surface area contributed by atoms with Gasteiger partial charge in [-0.1, -0.05) is 18.2 Å². The Hall–Kier alpha value is -2.97. The molecule has 0 saturated heterocycles. The van der Waals surface area contributed by atoms with Crippen LogP contribution in [0.2, 0.25) is 0 Å². The van der Waals surface area contributed by atoms with Crippen LogP contribution >= 0.6 is 11.3 Å². The van der Waals surface area contributed by atoms with E-state index in [2.05, 4.69) is 16.0 Å². The zero-order valence-corrected chi connectivity index (χ0v) is 12.3. The van der Waals surface area contributed by atoms with Crippen LogP contribution in [-0.4, -0.2) is 9.97 Å². The summed E-state index contributed by atoms with van der Waals surface area (Å²) in [6.07, 6.45) is 5.08. The molecule has 0 bridgehead atoms. The average molecular weight is 305 g/mol. The number of hydrogen-bond acceptors (Lipinski definition) is 5. The Labute approximate surface area is 132 Å². The second-order valence-electron chi connectivity index (χ2n) is 4.35. The van der Waals surface area contributed by atoms with Crippen molar-refractivity contribution in [2.45, 2.75) is 0 Å². The normalized spacial score (nSPS) is 11.0. The minimum atomic E-state index is 0.294. The van der Waals surface area contributed by atoms with Gasteiger partial charge in [-0.3, -0.25) is 0 Å². The van der Waals surface area contributed by atoms with Gasteiger partial charge < -0.3 is 4.74 Å². The molecule has 0 spiro atoms. The van der Waals surface area contributed by atoms with E-state index in [-0.39, 0.29) is 0 Å². The third-order valence-corrected chi connectivity index (χ3v) is 3.73. The summed E-state index contributed by atoms with van der Waals surface area (Å²) < 4.78 is 5.59. The molecule has 0 atom stereocenters. The third kappa shape index (κ3) is 3.37. The Balaban J connectivity index is 1.87. The monoisotopic (exact) mass is 305 g/mol. The number of allylic oxidation sites excluding steroid dienone is 1. The quantitative estimate of drug-likeness (QED) is 0.670. The fourth-order valence-corrected chi connectivity index (χ4v) is 2.56. The van der Waals surface area contributed by atoms with Gasteiger partial charge in [0.2, 0.25) is 0 Å². The molecular formula is C17H11N3OS. The van der Waals surface area contributed by atoms with Crippen molar-refractivity contribution in [2.24, 2.45) is 0 Å². The van der Waals surface area contributed by atoms with Crippen LogP contribution in [0.1, 0.15) is 10.4 Å². The highest BCUT2D eigenvalue weighted by Crippen LogP contribution is 2.24. The van der Waals surface area contributed by atoms with Gasteiger partial charge in [0, 0.05) is 17.3 Å². The second-order valence-corrected chi connectivity index (χ2v) is 5.30. The Morgan fingerprint density at radius 2 is 2.00 bits per heavy atom. The average Bonchev–Trinajstić information content (AvgIpc) is 3.08. The third-order valence-electron chi connectivity index (χ3n) is 2.83. The van der Waals surface area contributed by atoms with Crippen molar-refractivity contribution in [3.05, 3.63) is 70.7 Å². The van der Waals surface area contributed by atoms with Crippen molar-refractivity contribution >= 4 is 23.0 Å². The van der Waals surface area contributed by atoms with Gasteiger partial charge in [0.25, 0.3) is 0 Å². The Bertz CT molecular complexity index is 821. The van der Waals surface area contributed by atoms with Gasteiger partial charge in [0.1, 0.15) is 11.8 Å². The number of hydrogen-bond donors (Lipinski definition) is 0. The molecule has 5 heteroatoms. The van der Waals surface area contributed by atoms with Crippen LogP contribution in [0.4, 0.5) is 0 Å². The summed E-state index contributed by atoms with van der Waals surface area (Å²) in [5.41, 5.74) is 1.52. The van der Waals surface area contributed by atoms with Crippen LogP contribution in [0.15, 0.2) is 60.2 Å². The van der Waals surface area contributed by atoms with Crippen molar-refractivity contribution in [1.29, 1.82) is 5.26 Å². The molecule has 4 nitrogen and oxygen atoms in total. The summed E-state index contributed by atoms with van der Waals surface area (Å²) >= 11 is 1.54. The predicted molar refractivity (Wildman–Crippen MR) is 86.4 cm³/mol. The Morgan fingerprint density at radius 3 is 2.73 bits per heavy atom. The van der Waals surface area contributed by atoms with E-state index in [1.807, 2.05) is 47.9 Å². The van der Waals surface area contributed by atoms with Crippen LogP contribution in [0.5, 0.6) is 11.8 Å². The van der Waals surface area contributed by atoms with E-state index in [1.54, 1.807) is 18.5 Å². The van der Waals surface area contributed by atoms with Crippen molar-refractivity contribution in [3.63, 3.8) is 0 Å². The first-order valence-electron chi connectivity index (χ1n) is 6.56. The van der Waals surface area contributed by atoms with Gasteiger partial charge in [-0.05, 0) is 41.3 Å². The lowest BCUT2D eigenvalue weighted by Crippen LogP contribution is -1.90. The summed E-state index contributed by atoms with van der Waals surface area (Å²) in [7, 11) is 0. The van der Waals surface area contributed by atoms with Gasteiger partial charge in [0.15, 0.2) is 0 Å². The topological polar surface area (TPSA) is 58.8 Å². The van der Waals surface area contributed by atoms with E-state index in [4.69, 9.17) is 4.74 Å². The molecule has 3 aromatic rings. The van der Waals surface area contributed by atoms with Gasteiger partial charge in [-0.15, -0.1) is 11.3 Å². The molecule has 106 valence electrons. The fourth-order valence-electron chi connectivity index (χ4n) is 1.87. The predicted octanol–water partition coefficient (Wildman–Crippen LogP) is 4.39. The lowest BCUT2D eigenvalue weighted by molar-refractivity contribution is 0.441. The van der Waals surface area contributed by atoms with E-state index in [0.29, 0.717) is 17.3 Å². The smallest absolute Gasteiger partial charge is 0.321 e. The number of nitriles is 1. The largest absolute Gasteiger partial charge is 0.424 e. The van der Waals surface area contributed by atoms with Crippen LogP contribution < -0.4 is 4.74 Å². The lowest BCUT2D eigenvalue weighted by atomic mass is 10.1. The molecule has 0 aliphatic rings. The lowest BCUT2D eigenvalue weighted by Gasteiger charge is -2.04. The molecular weight excluding hydrogens is 294 g/mol. The SMILES string of the molecule is N#C/C(=C/c1cccc(Oc2ncccn2)c1)c1cccs1. The highest BCUT2D eigenvalue weighted by Gasteiger charge is 2.04. The maximum absolute atomic E-state index is 9.30. The van der Waals surface area contributed by atoms with E-state index in [0.717, 1.165) is 10.4 Å². The fraction of sp³-hybridized carbons (Fsp3) is 0. The first-order chi connectivity index (χ1) is 10.8. The van der Waals surface area contributed by atoms with E-state index in [9.17, 15) is 5.26 Å². The molecule has 3 rings (SSSR count). The van der Waals surface area contributed by atoms with E-state index in [1.165, 1.54) is 11.3 Å². The number of aromatic nitrogens is 2. The van der Waals surface area contributed by atoms with Gasteiger partial charge in [0.05, 0.1) is 5.57 Å². The number of rotatable bonds is 4. The highest BCUT2D eigenvalue weighted by atomic mass is 32.1. The number of nitrogens with zero attached hydrogens (tertiary/aromatic N) is 3. The first kappa shape index (κ1) is 14.0. The van der Waals surface area contributed by atoms with Crippen molar-refractivity contribution in [1.82, 2.24) is 9.97 Å². The van der Waals surface area contributed by atoms with Crippen molar-refractivity contribution < 1.29 is 4.74 Å². The minimum absolute atomic E-state index is 0.294. The zero-order valence-electron chi connectivity index (χ0n) is 11.5. The summed E-state index contributed by atoms with van der Waals surface area (Å²) in [5, 5.41) is 11.3. The van der Waals surface area contributed by atoms with E-state index < -0.39 is 0 Å². The number of thiophene rings is 1. The molecule has 0 saturated carbocycles. The standard InChI is InChI=1S/C17H11N3OS/c18-12-14(16-6-2-9-22-16)10-13-4-1-5-15(11-13)21-17-19-7-3-8-20-17/h1-11H/b14-10-. The number of benzene rings is 1. The summed E-state index contributed by atoms with van der Waals surface area (Å²) in [6.45, 7) is 0.